The molecule has 0 fully saturated rings. The molecule has 0 saturated heterocycles. The molecule has 1 aliphatic rings. The Labute approximate surface area is 199 Å². The van der Waals surface area contributed by atoms with Crippen LogP contribution in [-0.2, 0) is 20.8 Å². The van der Waals surface area contributed by atoms with E-state index in [0.717, 1.165) is 36.3 Å². The summed E-state index contributed by atoms with van der Waals surface area (Å²) < 4.78 is 0. The summed E-state index contributed by atoms with van der Waals surface area (Å²) in [5.74, 6) is -0.636. The fourth-order valence-electron chi connectivity index (χ4n) is 4.64. The number of benzene rings is 2. The van der Waals surface area contributed by atoms with Crippen LogP contribution < -0.4 is 5.06 Å². The largest absolute Gasteiger partial charge is 0.333 e. The highest BCUT2D eigenvalue weighted by molar-refractivity contribution is 5.92. The van der Waals surface area contributed by atoms with E-state index in [9.17, 15) is 9.59 Å². The number of nitrogens with zero attached hydrogens (tertiary/aromatic N) is 1. The topological polar surface area (TPSA) is 46.6 Å². The van der Waals surface area contributed by atoms with Crippen LogP contribution in [0.4, 0.5) is 5.69 Å². The van der Waals surface area contributed by atoms with E-state index in [1.807, 2.05) is 30.3 Å². The zero-order chi connectivity index (χ0) is 23.5. The van der Waals surface area contributed by atoms with Crippen LogP contribution in [0.25, 0.3) is 11.1 Å². The molecule has 0 bridgehead atoms. The smallest absolute Gasteiger partial charge is 0.333 e. The lowest BCUT2D eigenvalue weighted by atomic mass is 10.1. The summed E-state index contributed by atoms with van der Waals surface area (Å²) in [5, 5.41) is 1.14. The van der Waals surface area contributed by atoms with Gasteiger partial charge in [0.15, 0.2) is 0 Å². The minimum Gasteiger partial charge on any atom is -0.333 e. The van der Waals surface area contributed by atoms with Crippen molar-refractivity contribution in [1.82, 2.24) is 0 Å². The van der Waals surface area contributed by atoms with Crippen LogP contribution in [0.1, 0.15) is 102 Å². The normalized spacial score (nSPS) is 11.7. The maximum Gasteiger partial charge on any atom is 0.333 e. The van der Waals surface area contributed by atoms with Crippen molar-refractivity contribution in [2.45, 2.75) is 97.3 Å². The molecule has 33 heavy (non-hydrogen) atoms. The molecule has 178 valence electrons. The van der Waals surface area contributed by atoms with Crippen molar-refractivity contribution in [3.63, 3.8) is 0 Å². The fraction of sp³-hybridized carbons (Fsp3) is 0.517. The van der Waals surface area contributed by atoms with Gasteiger partial charge in [0.25, 0.3) is 5.91 Å². The molecule has 0 spiro atoms. The fourth-order valence-corrected chi connectivity index (χ4v) is 4.64. The summed E-state index contributed by atoms with van der Waals surface area (Å²) in [6, 6.07) is 14.2. The quantitative estimate of drug-likeness (QED) is 0.198. The second-order valence-electron chi connectivity index (χ2n) is 9.24. The molecule has 1 aliphatic carbocycles. The second kappa shape index (κ2) is 13.2. The molecule has 0 aliphatic heterocycles. The van der Waals surface area contributed by atoms with E-state index < -0.39 is 0 Å². The lowest BCUT2D eigenvalue weighted by Crippen LogP contribution is -2.31. The van der Waals surface area contributed by atoms with Gasteiger partial charge in [-0.2, -0.15) is 0 Å². The highest BCUT2D eigenvalue weighted by Gasteiger charge is 2.22. The molecular weight excluding hydrogens is 410 g/mol. The highest BCUT2D eigenvalue weighted by atomic mass is 16.7. The van der Waals surface area contributed by atoms with Gasteiger partial charge in [0.05, 0.1) is 5.69 Å². The Hall–Kier alpha value is -2.62. The van der Waals surface area contributed by atoms with Gasteiger partial charge < -0.3 is 4.84 Å². The highest BCUT2D eigenvalue weighted by Crippen LogP contribution is 2.38. The Morgan fingerprint density at radius 1 is 0.788 bits per heavy atom. The van der Waals surface area contributed by atoms with Crippen molar-refractivity contribution in [1.29, 1.82) is 0 Å². The molecule has 0 aromatic heterocycles. The van der Waals surface area contributed by atoms with Crippen LogP contribution in [-0.4, -0.2) is 11.9 Å². The third-order valence-electron chi connectivity index (χ3n) is 6.48. The first-order chi connectivity index (χ1) is 16.1. The number of carbonyl (C=O) groups is 2. The van der Waals surface area contributed by atoms with Crippen molar-refractivity contribution >= 4 is 17.6 Å². The molecule has 2 aromatic carbocycles. The number of amides is 1. The summed E-state index contributed by atoms with van der Waals surface area (Å²) in [5.41, 5.74) is 5.47. The molecule has 4 heteroatoms. The Balaban J connectivity index is 1.39. The van der Waals surface area contributed by atoms with Gasteiger partial charge in [0.2, 0.25) is 0 Å². The van der Waals surface area contributed by atoms with Gasteiger partial charge in [-0.15, -0.1) is 5.06 Å². The number of rotatable bonds is 13. The Bertz CT molecular complexity index is 921. The van der Waals surface area contributed by atoms with Crippen molar-refractivity contribution in [2.24, 2.45) is 0 Å². The minimum absolute atomic E-state index is 0.294. The minimum atomic E-state index is -0.343. The van der Waals surface area contributed by atoms with Gasteiger partial charge in [-0.3, -0.25) is 4.79 Å². The van der Waals surface area contributed by atoms with Crippen molar-refractivity contribution in [3.8, 4) is 11.1 Å². The standard InChI is InChI=1S/C29H39NO3/c1-3-4-5-6-7-8-9-10-11-12-13-18-29(32)33-30(23(2)31)26-19-20-28-25(22-26)21-24-16-14-15-17-27(24)28/h14-17,19-20,22H,3-13,18,21H2,1-2H3. The summed E-state index contributed by atoms with van der Waals surface area (Å²) in [6.45, 7) is 3.68. The predicted molar refractivity (Wildman–Crippen MR) is 135 cm³/mol. The lowest BCUT2D eigenvalue weighted by molar-refractivity contribution is -0.150. The molecule has 1 amide bonds. The van der Waals surface area contributed by atoms with Crippen LogP contribution >= 0.6 is 0 Å². The van der Waals surface area contributed by atoms with Crippen molar-refractivity contribution in [2.75, 3.05) is 5.06 Å². The Kier molecular flexibility index (Phi) is 9.99. The van der Waals surface area contributed by atoms with Crippen LogP contribution in [0.15, 0.2) is 42.5 Å². The maximum atomic E-state index is 12.4. The zero-order valence-electron chi connectivity index (χ0n) is 20.4. The first kappa shape index (κ1) is 25.0. The number of anilines is 1. The number of fused-ring (bicyclic) bond motifs is 3. The van der Waals surface area contributed by atoms with Gasteiger partial charge in [-0.1, -0.05) is 101 Å². The van der Waals surface area contributed by atoms with E-state index in [2.05, 4.69) is 19.1 Å². The van der Waals surface area contributed by atoms with E-state index >= 15 is 0 Å². The second-order valence-corrected chi connectivity index (χ2v) is 9.24. The molecule has 0 heterocycles. The van der Waals surface area contributed by atoms with E-state index in [4.69, 9.17) is 4.84 Å². The Morgan fingerprint density at radius 2 is 1.39 bits per heavy atom. The number of carbonyl (C=O) groups excluding carboxylic acids is 2. The van der Waals surface area contributed by atoms with Crippen LogP contribution in [0.5, 0.6) is 0 Å². The zero-order valence-corrected chi connectivity index (χ0v) is 20.4. The van der Waals surface area contributed by atoms with Crippen LogP contribution in [0.3, 0.4) is 0 Å². The summed E-state index contributed by atoms with van der Waals surface area (Å²) in [4.78, 5) is 30.1. The average molecular weight is 450 g/mol. The average Bonchev–Trinajstić information content (AvgIpc) is 3.18. The molecule has 0 unspecified atom stereocenters. The number of hydrogen-bond donors (Lipinski definition) is 0. The molecule has 2 aromatic rings. The first-order valence-electron chi connectivity index (χ1n) is 12.8. The molecule has 3 rings (SSSR count). The summed E-state index contributed by atoms with van der Waals surface area (Å²) in [6.07, 6.45) is 14.8. The van der Waals surface area contributed by atoms with Gasteiger partial charge in [-0.25, -0.2) is 4.79 Å². The maximum absolute atomic E-state index is 12.4. The van der Waals surface area contributed by atoms with Gasteiger partial charge in [-0.05, 0) is 47.2 Å². The van der Waals surface area contributed by atoms with Crippen molar-refractivity contribution in [3.05, 3.63) is 53.6 Å². The van der Waals surface area contributed by atoms with Crippen molar-refractivity contribution < 1.29 is 14.4 Å². The van der Waals surface area contributed by atoms with Gasteiger partial charge in [0.1, 0.15) is 0 Å². The molecule has 4 nitrogen and oxygen atoms in total. The van der Waals surface area contributed by atoms with Gasteiger partial charge >= 0.3 is 5.97 Å². The third-order valence-corrected chi connectivity index (χ3v) is 6.48. The van der Waals surface area contributed by atoms with Crippen LogP contribution in [0, 0.1) is 0 Å². The van der Waals surface area contributed by atoms with Crippen LogP contribution in [0.2, 0.25) is 0 Å². The van der Waals surface area contributed by atoms with E-state index in [0.29, 0.717) is 12.1 Å². The lowest BCUT2D eigenvalue weighted by Gasteiger charge is -2.20. The van der Waals surface area contributed by atoms with E-state index in [1.54, 1.807) is 0 Å². The molecule has 0 radical (unpaired) electrons. The number of hydroxylamine groups is 1. The van der Waals surface area contributed by atoms with Gasteiger partial charge in [0, 0.05) is 13.3 Å². The number of unbranched alkanes of at least 4 members (excludes halogenated alkanes) is 10. The van der Waals surface area contributed by atoms with E-state index in [1.165, 1.54) is 75.0 Å². The predicted octanol–water partition coefficient (Wildman–Crippen LogP) is 7.77. The Morgan fingerprint density at radius 3 is 2.06 bits per heavy atom. The third kappa shape index (κ3) is 7.45. The number of hydrogen-bond acceptors (Lipinski definition) is 3. The van der Waals surface area contributed by atoms with E-state index in [-0.39, 0.29) is 11.9 Å². The first-order valence-corrected chi connectivity index (χ1v) is 12.8. The molecule has 0 atom stereocenters. The monoisotopic (exact) mass is 449 g/mol. The molecule has 0 saturated carbocycles. The molecule has 0 N–H and O–H groups in total. The summed E-state index contributed by atoms with van der Waals surface area (Å²) in [7, 11) is 0. The SMILES string of the molecule is CCCCCCCCCCCCCC(=O)ON(C(C)=O)c1ccc2c(c1)Cc1ccccc1-2. The molecular formula is C29H39NO3. The summed E-state index contributed by atoms with van der Waals surface area (Å²) >= 11 is 0.